The van der Waals surface area contributed by atoms with Crippen LogP contribution in [-0.2, 0) is 4.74 Å². The van der Waals surface area contributed by atoms with Gasteiger partial charge in [0.25, 0.3) is 5.85 Å². The van der Waals surface area contributed by atoms with Gasteiger partial charge in [-0.05, 0) is 0 Å². The van der Waals surface area contributed by atoms with Crippen molar-refractivity contribution in [3.63, 3.8) is 0 Å². The molecule has 0 aliphatic carbocycles. The first-order chi connectivity index (χ1) is 9.69. The molecule has 2 aliphatic rings. The molecule has 2 heterocycles. The average Bonchev–Trinajstić information content (AvgIpc) is 2.66. The lowest BCUT2D eigenvalue weighted by molar-refractivity contribution is -0.209. The SMILES string of the molecule is C=C1N=C(N)C(F)=CN1[C@@H]1O[C@](F)(CO)[C@H](O)C1(F)CF. The van der Waals surface area contributed by atoms with Gasteiger partial charge in [0.05, 0.1) is 0 Å². The maximum absolute atomic E-state index is 14.5. The third kappa shape index (κ3) is 2.19. The maximum atomic E-state index is 14.5. The molecular formula is C11H13F4N3O3. The summed E-state index contributed by atoms with van der Waals surface area (Å²) in [5.74, 6) is -5.23. The zero-order chi connectivity index (χ0) is 16.0. The Morgan fingerprint density at radius 1 is 1.52 bits per heavy atom. The standard InChI is InChI=1S/C11H13F4N3O3/c1-5-17-7(16)6(13)2-18(5)9-10(14,3-12)8(20)11(15,4-19)21-9/h2,8-9,19-20H,1,3-4H2,(H2,16,17)/t8-,9-,10?,11-/m1/s1. The fourth-order valence-corrected chi connectivity index (χ4v) is 2.11. The summed E-state index contributed by atoms with van der Waals surface area (Å²) in [7, 11) is 0. The van der Waals surface area contributed by atoms with Crippen molar-refractivity contribution in [2.45, 2.75) is 23.9 Å². The second-order valence-electron chi connectivity index (χ2n) is 4.68. The highest BCUT2D eigenvalue weighted by atomic mass is 19.2. The van der Waals surface area contributed by atoms with E-state index in [0.717, 1.165) is 0 Å². The van der Waals surface area contributed by atoms with E-state index in [9.17, 15) is 22.7 Å². The fourth-order valence-electron chi connectivity index (χ4n) is 2.11. The summed E-state index contributed by atoms with van der Waals surface area (Å²) in [6.45, 7) is 0.0683. The van der Waals surface area contributed by atoms with Crippen LogP contribution in [0, 0.1) is 0 Å². The van der Waals surface area contributed by atoms with Crippen molar-refractivity contribution in [2.24, 2.45) is 10.7 Å². The number of amidine groups is 1. The van der Waals surface area contributed by atoms with Gasteiger partial charge in [-0.3, -0.25) is 0 Å². The monoisotopic (exact) mass is 311 g/mol. The molecule has 4 atom stereocenters. The highest BCUT2D eigenvalue weighted by Crippen LogP contribution is 2.45. The van der Waals surface area contributed by atoms with Gasteiger partial charge in [-0.25, -0.2) is 22.6 Å². The Kier molecular flexibility index (Phi) is 3.72. The molecule has 10 heteroatoms. The summed E-state index contributed by atoms with van der Waals surface area (Å²) >= 11 is 0. The third-order valence-electron chi connectivity index (χ3n) is 3.30. The molecule has 0 bridgehead atoms. The summed E-state index contributed by atoms with van der Waals surface area (Å²) in [5, 5.41) is 18.4. The Morgan fingerprint density at radius 3 is 2.67 bits per heavy atom. The van der Waals surface area contributed by atoms with Crippen molar-refractivity contribution in [3.8, 4) is 0 Å². The Morgan fingerprint density at radius 2 is 2.14 bits per heavy atom. The second kappa shape index (κ2) is 4.97. The summed E-state index contributed by atoms with van der Waals surface area (Å²) in [6, 6.07) is 0. The molecule has 6 nitrogen and oxygen atoms in total. The van der Waals surface area contributed by atoms with E-state index in [1.807, 2.05) is 0 Å². The summed E-state index contributed by atoms with van der Waals surface area (Å²) in [5.41, 5.74) is 1.92. The first-order valence-corrected chi connectivity index (χ1v) is 5.79. The number of aliphatic hydroxyl groups excluding tert-OH is 2. The number of nitrogens with zero attached hydrogens (tertiary/aromatic N) is 2. The number of aliphatic imine (C=N–C) groups is 1. The summed E-state index contributed by atoms with van der Waals surface area (Å²) in [6.07, 6.45) is -4.16. The molecule has 2 rings (SSSR count). The van der Waals surface area contributed by atoms with Crippen LogP contribution in [0.3, 0.4) is 0 Å². The van der Waals surface area contributed by atoms with Crippen LogP contribution in [0.1, 0.15) is 0 Å². The van der Waals surface area contributed by atoms with Crippen molar-refractivity contribution in [1.82, 2.24) is 4.90 Å². The van der Waals surface area contributed by atoms with Crippen molar-refractivity contribution in [3.05, 3.63) is 24.4 Å². The lowest BCUT2D eigenvalue weighted by Crippen LogP contribution is -2.53. The molecule has 0 spiro atoms. The number of ether oxygens (including phenoxy) is 1. The highest BCUT2D eigenvalue weighted by molar-refractivity contribution is 5.96. The Bertz CT molecular complexity index is 529. The number of alkyl halides is 3. The number of nitrogens with two attached hydrogens (primary N) is 1. The van der Waals surface area contributed by atoms with Gasteiger partial charge in [-0.1, -0.05) is 6.58 Å². The molecule has 1 fully saturated rings. The average molecular weight is 311 g/mol. The lowest BCUT2D eigenvalue weighted by atomic mass is 9.96. The molecule has 4 N–H and O–H groups in total. The largest absolute Gasteiger partial charge is 0.390 e. The van der Waals surface area contributed by atoms with Crippen LogP contribution < -0.4 is 5.73 Å². The summed E-state index contributed by atoms with van der Waals surface area (Å²) in [4.78, 5) is 4.00. The van der Waals surface area contributed by atoms with Gasteiger partial charge >= 0.3 is 0 Å². The molecular weight excluding hydrogens is 298 g/mol. The maximum Gasteiger partial charge on any atom is 0.264 e. The highest BCUT2D eigenvalue weighted by Gasteiger charge is 2.67. The van der Waals surface area contributed by atoms with E-state index in [2.05, 4.69) is 16.3 Å². The van der Waals surface area contributed by atoms with E-state index >= 15 is 0 Å². The van der Waals surface area contributed by atoms with Crippen molar-refractivity contribution >= 4 is 5.84 Å². The van der Waals surface area contributed by atoms with Crippen molar-refractivity contribution in [1.29, 1.82) is 0 Å². The minimum absolute atomic E-state index is 0.344. The minimum atomic E-state index is -3.27. The first-order valence-electron chi connectivity index (χ1n) is 5.79. The number of hydrogen-bond donors (Lipinski definition) is 3. The van der Waals surface area contributed by atoms with E-state index in [4.69, 9.17) is 10.8 Å². The van der Waals surface area contributed by atoms with E-state index in [1.165, 1.54) is 0 Å². The van der Waals surface area contributed by atoms with Crippen LogP contribution in [0.2, 0.25) is 0 Å². The van der Waals surface area contributed by atoms with Crippen LogP contribution in [0.4, 0.5) is 17.6 Å². The van der Waals surface area contributed by atoms with Gasteiger partial charge in [0.15, 0.2) is 24.0 Å². The van der Waals surface area contributed by atoms with Gasteiger partial charge in [0.1, 0.15) is 19.1 Å². The lowest BCUT2D eigenvalue weighted by Gasteiger charge is -2.34. The van der Waals surface area contributed by atoms with E-state index in [0.29, 0.717) is 11.1 Å². The van der Waals surface area contributed by atoms with E-state index < -0.39 is 48.8 Å². The predicted octanol–water partition coefficient (Wildman–Crippen LogP) is -0.00560. The van der Waals surface area contributed by atoms with Gasteiger partial charge in [0.2, 0.25) is 5.67 Å². The van der Waals surface area contributed by atoms with Crippen molar-refractivity contribution < 1.29 is 32.5 Å². The number of rotatable bonds is 3. The number of hydrogen-bond acceptors (Lipinski definition) is 6. The fraction of sp³-hybridized carbons (Fsp3) is 0.545. The van der Waals surface area contributed by atoms with E-state index in [1.54, 1.807) is 0 Å². The minimum Gasteiger partial charge on any atom is -0.390 e. The molecule has 21 heavy (non-hydrogen) atoms. The van der Waals surface area contributed by atoms with Gasteiger partial charge < -0.3 is 25.6 Å². The molecule has 2 aliphatic heterocycles. The molecule has 0 aromatic rings. The molecule has 118 valence electrons. The van der Waals surface area contributed by atoms with Gasteiger partial charge in [0, 0.05) is 6.20 Å². The van der Waals surface area contributed by atoms with Crippen molar-refractivity contribution in [2.75, 3.05) is 13.3 Å². The Hall–Kier alpha value is -1.65. The summed E-state index contributed by atoms with van der Waals surface area (Å²) < 4.78 is 59.6. The molecule has 0 aromatic carbocycles. The molecule has 1 saturated heterocycles. The van der Waals surface area contributed by atoms with Crippen LogP contribution in [0.25, 0.3) is 0 Å². The molecule has 1 unspecified atom stereocenters. The topological polar surface area (TPSA) is 91.3 Å². The molecule has 0 radical (unpaired) electrons. The van der Waals surface area contributed by atoms with Gasteiger partial charge in [-0.2, -0.15) is 0 Å². The number of halogens is 4. The normalized spacial score (nSPS) is 40.3. The van der Waals surface area contributed by atoms with Gasteiger partial charge in [-0.15, -0.1) is 0 Å². The first kappa shape index (κ1) is 15.7. The predicted molar refractivity (Wildman–Crippen MR) is 63.4 cm³/mol. The molecule has 0 saturated carbocycles. The second-order valence-corrected chi connectivity index (χ2v) is 4.68. The molecule has 0 aromatic heterocycles. The Balaban J connectivity index is 2.42. The Labute approximate surface area is 116 Å². The smallest absolute Gasteiger partial charge is 0.264 e. The van der Waals surface area contributed by atoms with Crippen LogP contribution in [0.15, 0.2) is 29.4 Å². The third-order valence-corrected chi connectivity index (χ3v) is 3.30. The van der Waals surface area contributed by atoms with Crippen LogP contribution in [0.5, 0.6) is 0 Å². The number of aliphatic hydroxyl groups is 2. The quantitative estimate of drug-likeness (QED) is 0.638. The van der Waals surface area contributed by atoms with Crippen LogP contribution >= 0.6 is 0 Å². The molecule has 0 amide bonds. The van der Waals surface area contributed by atoms with Crippen LogP contribution in [-0.4, -0.2) is 58.1 Å². The zero-order valence-corrected chi connectivity index (χ0v) is 10.6. The van der Waals surface area contributed by atoms with E-state index in [-0.39, 0.29) is 5.82 Å². The zero-order valence-electron chi connectivity index (χ0n) is 10.6.